The van der Waals surface area contributed by atoms with E-state index in [4.69, 9.17) is 34.8 Å². The zero-order valence-corrected chi connectivity index (χ0v) is 19.7. The SMILES string of the molecule is O=C(Nc1cccc(Cl)c1Cl)c1nn2c(c1Cl)N[C@@H](c1ccc(Br)cc1)C[C@@H]2C(F)(F)F. The number of amides is 1. The number of hydrogen-bond donors (Lipinski definition) is 2. The Bertz CT molecular complexity index is 1180. The molecule has 1 aliphatic heterocycles. The molecule has 0 radical (unpaired) electrons. The maximum Gasteiger partial charge on any atom is 0.410 e. The molecule has 0 fully saturated rings. The Morgan fingerprint density at radius 3 is 2.47 bits per heavy atom. The third kappa shape index (κ3) is 4.44. The van der Waals surface area contributed by atoms with Crippen LogP contribution >= 0.6 is 50.7 Å². The number of halogens is 7. The fourth-order valence-corrected chi connectivity index (χ4v) is 4.31. The molecule has 5 nitrogen and oxygen atoms in total. The Kier molecular flexibility index (Phi) is 6.37. The van der Waals surface area contributed by atoms with Gasteiger partial charge in [0.15, 0.2) is 11.7 Å². The van der Waals surface area contributed by atoms with Crippen LogP contribution in [0.4, 0.5) is 24.7 Å². The minimum atomic E-state index is -4.61. The zero-order chi connectivity index (χ0) is 23.2. The van der Waals surface area contributed by atoms with E-state index in [0.717, 1.165) is 4.47 Å². The monoisotopic (exact) mass is 566 g/mol. The van der Waals surface area contributed by atoms with Crippen LogP contribution in [0.1, 0.15) is 34.6 Å². The standard InChI is InChI=1S/C20H13BrCl3F3N4O/c21-10-6-4-9(5-7-10)13-8-14(20(25,26)27)31-18(28-13)16(24)17(30-31)19(32)29-12-3-1-2-11(22)15(12)23/h1-7,13-14,28H,8H2,(H,29,32)/t13-,14-/m1/s1. The summed E-state index contributed by atoms with van der Waals surface area (Å²) < 4.78 is 43.2. The molecule has 4 rings (SSSR count). The number of benzene rings is 2. The number of alkyl halides is 3. The summed E-state index contributed by atoms with van der Waals surface area (Å²) in [6, 6.07) is 8.83. The molecule has 0 bridgehead atoms. The summed E-state index contributed by atoms with van der Waals surface area (Å²) in [4.78, 5) is 12.8. The molecule has 12 heteroatoms. The number of carbonyl (C=O) groups is 1. The molecule has 0 spiro atoms. The Morgan fingerprint density at radius 1 is 1.12 bits per heavy atom. The summed E-state index contributed by atoms with van der Waals surface area (Å²) in [6.45, 7) is 0. The summed E-state index contributed by atoms with van der Waals surface area (Å²) in [7, 11) is 0. The Labute approximate surface area is 204 Å². The first-order valence-electron chi connectivity index (χ1n) is 9.18. The summed E-state index contributed by atoms with van der Waals surface area (Å²) >= 11 is 21.7. The predicted molar refractivity (Wildman–Crippen MR) is 122 cm³/mol. The van der Waals surface area contributed by atoms with E-state index in [9.17, 15) is 18.0 Å². The smallest absolute Gasteiger partial charge is 0.362 e. The number of aromatic nitrogens is 2. The molecule has 3 aromatic rings. The first kappa shape index (κ1) is 23.2. The van der Waals surface area contributed by atoms with Crippen molar-refractivity contribution in [2.75, 3.05) is 10.6 Å². The van der Waals surface area contributed by atoms with Crippen molar-refractivity contribution in [1.82, 2.24) is 9.78 Å². The first-order valence-corrected chi connectivity index (χ1v) is 11.1. The lowest BCUT2D eigenvalue weighted by Crippen LogP contribution is -2.35. The maximum absolute atomic E-state index is 13.9. The number of fused-ring (bicyclic) bond motifs is 1. The highest BCUT2D eigenvalue weighted by molar-refractivity contribution is 9.10. The van der Waals surface area contributed by atoms with E-state index in [2.05, 4.69) is 31.7 Å². The van der Waals surface area contributed by atoms with E-state index in [1.807, 2.05) is 0 Å². The van der Waals surface area contributed by atoms with Crippen molar-refractivity contribution in [2.24, 2.45) is 0 Å². The predicted octanol–water partition coefficient (Wildman–Crippen LogP) is 7.52. The summed E-state index contributed by atoms with van der Waals surface area (Å²) in [5.74, 6) is -0.903. The van der Waals surface area contributed by atoms with E-state index < -0.39 is 24.2 Å². The molecule has 0 unspecified atom stereocenters. The molecule has 1 amide bonds. The molecular weight excluding hydrogens is 556 g/mol. The van der Waals surface area contributed by atoms with E-state index >= 15 is 0 Å². The van der Waals surface area contributed by atoms with E-state index in [0.29, 0.717) is 10.2 Å². The number of hydrogen-bond acceptors (Lipinski definition) is 3. The van der Waals surface area contributed by atoms with E-state index in [1.54, 1.807) is 30.3 Å². The minimum absolute atomic E-state index is 0.0872. The fraction of sp³-hybridized carbons (Fsp3) is 0.200. The Morgan fingerprint density at radius 2 is 1.81 bits per heavy atom. The van der Waals surface area contributed by atoms with Gasteiger partial charge in [-0.2, -0.15) is 18.3 Å². The van der Waals surface area contributed by atoms with Gasteiger partial charge in [0.05, 0.1) is 21.8 Å². The summed E-state index contributed by atoms with van der Waals surface area (Å²) in [5, 5.41) is 9.44. The number of nitrogens with zero attached hydrogens (tertiary/aromatic N) is 2. The average molecular weight is 569 g/mol. The van der Waals surface area contributed by atoms with Gasteiger partial charge < -0.3 is 10.6 Å². The Balaban J connectivity index is 1.71. The highest BCUT2D eigenvalue weighted by Gasteiger charge is 2.47. The lowest BCUT2D eigenvalue weighted by molar-refractivity contribution is -0.173. The van der Waals surface area contributed by atoms with Crippen LogP contribution in [0.3, 0.4) is 0 Å². The van der Waals surface area contributed by atoms with Crippen LogP contribution in [0.5, 0.6) is 0 Å². The van der Waals surface area contributed by atoms with Crippen molar-refractivity contribution in [1.29, 1.82) is 0 Å². The zero-order valence-electron chi connectivity index (χ0n) is 15.9. The van der Waals surface area contributed by atoms with Gasteiger partial charge in [-0.05, 0) is 29.8 Å². The topological polar surface area (TPSA) is 59.0 Å². The molecule has 0 saturated carbocycles. The van der Waals surface area contributed by atoms with Crippen molar-refractivity contribution in [3.05, 3.63) is 73.3 Å². The molecule has 0 aliphatic carbocycles. The molecule has 2 atom stereocenters. The van der Waals surface area contributed by atoms with Crippen LogP contribution < -0.4 is 10.6 Å². The lowest BCUT2D eigenvalue weighted by Gasteiger charge is -2.33. The average Bonchev–Trinajstić information content (AvgIpc) is 3.07. The lowest BCUT2D eigenvalue weighted by atomic mass is 9.97. The van der Waals surface area contributed by atoms with Crippen molar-refractivity contribution in [3.63, 3.8) is 0 Å². The largest absolute Gasteiger partial charge is 0.410 e. The molecular formula is C20H13BrCl3F3N4O. The van der Waals surface area contributed by atoms with E-state index in [1.165, 1.54) is 12.1 Å². The molecule has 1 aliphatic rings. The molecule has 1 aromatic heterocycles. The second-order valence-electron chi connectivity index (χ2n) is 7.05. The molecule has 2 aromatic carbocycles. The van der Waals surface area contributed by atoms with Gasteiger partial charge in [-0.25, -0.2) is 4.68 Å². The van der Waals surface area contributed by atoms with Crippen LogP contribution in [0.2, 0.25) is 15.1 Å². The van der Waals surface area contributed by atoms with Gasteiger partial charge in [0, 0.05) is 10.9 Å². The van der Waals surface area contributed by atoms with Crippen LogP contribution in [0.15, 0.2) is 46.9 Å². The summed E-state index contributed by atoms with van der Waals surface area (Å²) in [5.41, 5.74) is 0.456. The number of nitrogens with one attached hydrogen (secondary N) is 2. The second kappa shape index (κ2) is 8.78. The highest BCUT2D eigenvalue weighted by atomic mass is 79.9. The first-order chi connectivity index (χ1) is 15.1. The maximum atomic E-state index is 13.9. The number of anilines is 2. The van der Waals surface area contributed by atoms with Crippen molar-refractivity contribution >= 4 is 68.1 Å². The molecule has 32 heavy (non-hydrogen) atoms. The van der Waals surface area contributed by atoms with E-state index in [-0.39, 0.29) is 38.7 Å². The van der Waals surface area contributed by atoms with Crippen LogP contribution in [0.25, 0.3) is 0 Å². The third-order valence-corrected chi connectivity index (χ3v) is 6.69. The Hall–Kier alpha value is -1.94. The van der Waals surface area contributed by atoms with Crippen LogP contribution in [-0.4, -0.2) is 21.9 Å². The number of rotatable bonds is 3. The van der Waals surface area contributed by atoms with Gasteiger partial charge in [0.2, 0.25) is 0 Å². The van der Waals surface area contributed by atoms with Gasteiger partial charge in [-0.15, -0.1) is 0 Å². The number of carbonyl (C=O) groups excluding carboxylic acids is 1. The van der Waals surface area contributed by atoms with Gasteiger partial charge >= 0.3 is 6.18 Å². The fourth-order valence-electron chi connectivity index (χ4n) is 3.43. The van der Waals surface area contributed by atoms with Gasteiger partial charge in [-0.1, -0.05) is 68.9 Å². The minimum Gasteiger partial charge on any atom is -0.362 e. The molecule has 2 heterocycles. The second-order valence-corrected chi connectivity index (χ2v) is 9.13. The molecule has 168 valence electrons. The van der Waals surface area contributed by atoms with Crippen molar-refractivity contribution in [3.8, 4) is 0 Å². The molecule has 2 N–H and O–H groups in total. The summed E-state index contributed by atoms with van der Waals surface area (Å²) in [6.07, 6.45) is -4.93. The van der Waals surface area contributed by atoms with Gasteiger partial charge in [0.25, 0.3) is 5.91 Å². The normalized spacial score (nSPS) is 18.1. The third-order valence-electron chi connectivity index (χ3n) is 4.98. The van der Waals surface area contributed by atoms with Gasteiger partial charge in [0.1, 0.15) is 10.8 Å². The van der Waals surface area contributed by atoms with Crippen LogP contribution in [-0.2, 0) is 0 Å². The highest BCUT2D eigenvalue weighted by Crippen LogP contribution is 2.46. The van der Waals surface area contributed by atoms with Crippen molar-refractivity contribution in [2.45, 2.75) is 24.7 Å². The van der Waals surface area contributed by atoms with Crippen LogP contribution in [0, 0.1) is 0 Å². The quantitative estimate of drug-likeness (QED) is 0.344. The van der Waals surface area contributed by atoms with Gasteiger partial charge in [-0.3, -0.25) is 4.79 Å². The molecule has 0 saturated heterocycles. The van der Waals surface area contributed by atoms with Crippen molar-refractivity contribution < 1.29 is 18.0 Å².